The van der Waals surface area contributed by atoms with Gasteiger partial charge in [0.25, 0.3) is 13.1 Å². The van der Waals surface area contributed by atoms with E-state index in [0.717, 1.165) is 13.7 Å². The fourth-order valence-electron chi connectivity index (χ4n) is 15.6. The van der Waals surface area contributed by atoms with Crippen molar-refractivity contribution in [3.05, 3.63) is 136 Å². The third-order valence-corrected chi connectivity index (χ3v) is 37.6. The Bertz CT molecular complexity index is 6000. The van der Waals surface area contributed by atoms with Crippen molar-refractivity contribution in [2.75, 3.05) is 245 Å². The lowest BCUT2D eigenvalue weighted by Crippen LogP contribution is -2.52. The number of imidazole rings is 1. The van der Waals surface area contributed by atoms with E-state index in [0.29, 0.717) is 12.1 Å². The van der Waals surface area contributed by atoms with Crippen molar-refractivity contribution in [2.24, 2.45) is 0 Å². The van der Waals surface area contributed by atoms with Crippen LogP contribution in [-0.2, 0) is 83.0 Å². The smallest absolute Gasteiger partial charge is 0.351 e. The number of ether oxygens (including phenoxy) is 6. The predicted molar refractivity (Wildman–Crippen MR) is 480 cm³/mol. The molecule has 11 N–H and O–H groups in total. The Labute approximate surface area is 758 Å². The first kappa shape index (κ1) is 102. The van der Waals surface area contributed by atoms with Gasteiger partial charge in [0.05, 0.1) is 115 Å². The first-order valence-electron chi connectivity index (χ1n) is 41.6. The molecular formula is C71H117N31O24P6. The van der Waals surface area contributed by atoms with E-state index in [4.69, 9.17) is 84.2 Å². The monoisotopic (exact) mass is 1970 g/mol. The lowest BCUT2D eigenvalue weighted by Gasteiger charge is -2.46. The van der Waals surface area contributed by atoms with Crippen molar-refractivity contribution in [1.82, 2.24) is 124 Å². The van der Waals surface area contributed by atoms with Gasteiger partial charge in [0.2, 0.25) is 0 Å². The highest BCUT2D eigenvalue weighted by Crippen LogP contribution is 2.61. The molecule has 6 aliphatic rings. The van der Waals surface area contributed by atoms with Gasteiger partial charge >= 0.3 is 66.8 Å². The topological polar surface area (TPSA) is 620 Å². The SMILES string of the molecule is Cc1cn(C2CN(C)CC(COP(=O)(N(C)C)N3CC(COP(=O)(N(C)C)N4CC(COP(=O)(N(C)C)N5CC(COP(=O)(N(C)C)N6CC(COP(=O)(N(C)C)N7CC(COP(C)(=O)N(C)C)OC(n8ccc(N)nc8=O)C7)OC(n7cnc8c(N)ncnc87)C6)OC(n6cc(C)c(=O)[nH]c6=O)C5)OC(n5ccc(N)nc5=O)C4)OC(n4ccc(N)nc4=O)C3)O2)c(=O)nc1N. The summed E-state index contributed by atoms with van der Waals surface area (Å²) >= 11 is 0. The molecule has 18 atom stereocenters. The van der Waals surface area contributed by atoms with E-state index in [2.05, 4.69) is 39.9 Å². The molecule has 7 aromatic heterocycles. The number of fused-ring (bicyclic) bond motifs is 1. The number of nitrogens with two attached hydrogens (primary N) is 5. The maximum Gasteiger partial charge on any atom is 0.351 e. The van der Waals surface area contributed by atoms with Crippen LogP contribution >= 0.6 is 45.9 Å². The highest BCUT2D eigenvalue weighted by atomic mass is 31.2. The third kappa shape index (κ3) is 22.2. The highest BCUT2D eigenvalue weighted by Gasteiger charge is 2.52. The van der Waals surface area contributed by atoms with Crippen LogP contribution < -0.4 is 62.7 Å². The van der Waals surface area contributed by atoms with Crippen molar-refractivity contribution < 1.29 is 83.0 Å². The second-order valence-electron chi connectivity index (χ2n) is 33.7. The molecule has 6 fully saturated rings. The van der Waals surface area contributed by atoms with Gasteiger partial charge in [0.15, 0.2) is 42.6 Å². The molecule has 0 spiro atoms. The van der Waals surface area contributed by atoms with Crippen molar-refractivity contribution in [3.8, 4) is 0 Å². The molecule has 18 unspecified atom stereocenters. The number of nitrogen functional groups attached to an aromatic ring is 5. The second kappa shape index (κ2) is 41.2. The van der Waals surface area contributed by atoms with Gasteiger partial charge in [0, 0.05) is 94.6 Å². The summed E-state index contributed by atoms with van der Waals surface area (Å²) in [7, 11) is -5.37. The van der Waals surface area contributed by atoms with Crippen molar-refractivity contribution in [1.29, 1.82) is 0 Å². The minimum Gasteiger partial charge on any atom is -0.383 e. The molecular weight excluding hydrogens is 1860 g/mol. The Hall–Kier alpha value is -7.83. The van der Waals surface area contributed by atoms with E-state index in [1.165, 1.54) is 205 Å². The number of likely N-dealkylation sites (N-methyl/N-ethyl adjacent to an activating group) is 1. The predicted octanol–water partition coefficient (Wildman–Crippen LogP) is -0.409. The average molecular weight is 1970 g/mol. The number of nitrogens with zero attached hydrogens (tertiary/aromatic N) is 25. The number of aromatic nitrogens is 14. The van der Waals surface area contributed by atoms with Crippen LogP contribution in [0.2, 0.25) is 0 Å². The molecule has 0 amide bonds. The van der Waals surface area contributed by atoms with Gasteiger partial charge in [-0.15, -0.1) is 0 Å². The number of nitrogens with one attached hydrogen (secondary N) is 1. The van der Waals surface area contributed by atoms with Gasteiger partial charge in [-0.25, -0.2) is 90.3 Å². The van der Waals surface area contributed by atoms with Gasteiger partial charge in [-0.05, 0) is 124 Å². The van der Waals surface area contributed by atoms with Gasteiger partial charge in [-0.3, -0.25) is 69.5 Å². The number of aromatic amines is 1. The second-order valence-corrected chi connectivity index (χ2v) is 49.3. The molecule has 0 radical (unpaired) electrons. The first-order valence-corrected chi connectivity index (χ1v) is 51.3. The summed E-state index contributed by atoms with van der Waals surface area (Å²) in [5.74, 6) is -0.187. The Morgan fingerprint density at radius 3 is 1.03 bits per heavy atom. The molecule has 13 heterocycles. The van der Waals surface area contributed by atoms with E-state index in [9.17, 15) is 33.3 Å². The molecule has 0 bridgehead atoms. The number of hydrogen-bond donors (Lipinski definition) is 6. The molecule has 13 rings (SSSR count). The summed E-state index contributed by atoms with van der Waals surface area (Å²) in [6.45, 7) is -0.435. The molecule has 730 valence electrons. The standard InChI is InChI=1S/C71H117N31O24P6/c1-45-23-100(70(107)83-63(45)75)56-31-91(15)25-47(121-56)38-116-128(110,86(5)6)93-27-49(123-58(33-93)98-21-18-54(73)81-68(98)105)39-117-130(112,88(9)10)94-28-50(124-59(34-94)99-22-19-55(74)82-69(99)106)40-118-131(113,89(11)12)95-29-51(125-60(35-95)101-24-46(2)66(103)84-71(101)108)41-119-132(114,90(13)14)96-30-52(126-61(36-96)102-44-79-62-64(76)77-43-78-65(62)102)42-120-129(111,87(7)8)92-26-48(37-115-127(16,109)85(3)4)122-57(32-92)97-20-17-53(72)80-67(97)104/h17-24,43-44,47-52,56-61H,25-42H2,1-16H3,(H2,72,80,104)(H2,73,81,105)(H2,74,82,106)(H2,75,83,107)(H2,76,77,78)(H,84,103,108). The number of morpholine rings is 6. The minimum atomic E-state index is -4.55. The molecule has 6 aliphatic heterocycles. The van der Waals surface area contributed by atoms with Crippen LogP contribution in [0.5, 0.6) is 0 Å². The van der Waals surface area contributed by atoms with Gasteiger partial charge < -0.3 is 84.2 Å². The molecule has 7 aromatic rings. The van der Waals surface area contributed by atoms with Crippen LogP contribution in [0.4, 0.5) is 29.1 Å². The molecule has 0 saturated carbocycles. The maximum atomic E-state index is 16.5. The maximum absolute atomic E-state index is 16.5. The zero-order chi connectivity index (χ0) is 95.9. The zero-order valence-corrected chi connectivity index (χ0v) is 81.3. The van der Waals surface area contributed by atoms with Crippen molar-refractivity contribution in [3.63, 3.8) is 0 Å². The summed E-state index contributed by atoms with van der Waals surface area (Å²) in [6.07, 6.45) is -4.37. The van der Waals surface area contributed by atoms with E-state index in [1.807, 2.05) is 11.9 Å². The molecule has 55 nitrogen and oxygen atoms in total. The van der Waals surface area contributed by atoms with E-state index < -0.39 is 187 Å². The first-order chi connectivity index (χ1) is 62.1. The fraction of sp³-hybridized carbons (Fsp3) is 0.648. The van der Waals surface area contributed by atoms with Crippen LogP contribution in [-0.4, -0.2) is 377 Å². The number of anilines is 5. The number of rotatable bonds is 35. The van der Waals surface area contributed by atoms with E-state index >= 15 is 22.8 Å². The van der Waals surface area contributed by atoms with Gasteiger partial charge in [-0.1, -0.05) is 0 Å². The summed E-state index contributed by atoms with van der Waals surface area (Å²) in [4.78, 5) is 114. The summed E-state index contributed by atoms with van der Waals surface area (Å²) in [6, 6.07) is 4.11. The van der Waals surface area contributed by atoms with Gasteiger partial charge in [0.1, 0.15) is 41.3 Å². The fourth-order valence-corrected chi connectivity index (χ4v) is 26.2. The zero-order valence-electron chi connectivity index (χ0n) is 76.0. The number of hydrogen-bond acceptors (Lipinski definition) is 37. The Morgan fingerprint density at radius 1 is 0.379 bits per heavy atom. The summed E-state index contributed by atoms with van der Waals surface area (Å²) < 4.78 is 196. The highest BCUT2D eigenvalue weighted by molar-refractivity contribution is 7.56. The lowest BCUT2D eigenvalue weighted by molar-refractivity contribution is -0.135. The normalized spacial score (nSPS) is 26.8. The molecule has 132 heavy (non-hydrogen) atoms. The third-order valence-electron chi connectivity index (χ3n) is 22.8. The van der Waals surface area contributed by atoms with Gasteiger partial charge in [-0.2, -0.15) is 19.9 Å². The summed E-state index contributed by atoms with van der Waals surface area (Å²) in [5.41, 5.74) is 26.4. The van der Waals surface area contributed by atoms with Crippen LogP contribution in [0.15, 0.2) is 90.6 Å². The number of aryl methyl sites for hydroxylation is 2. The Morgan fingerprint density at radius 2 is 0.689 bits per heavy atom. The van der Waals surface area contributed by atoms with Crippen LogP contribution in [0, 0.1) is 13.8 Å². The molecule has 6 saturated heterocycles. The minimum absolute atomic E-state index is 0.0346. The molecule has 0 aromatic carbocycles. The molecule has 61 heteroatoms. The number of H-pyrrole nitrogens is 1. The van der Waals surface area contributed by atoms with E-state index in [-0.39, 0.29) is 124 Å². The van der Waals surface area contributed by atoms with E-state index in [1.54, 1.807) is 27.2 Å². The average Bonchev–Trinajstić information content (AvgIpc) is 1.11. The van der Waals surface area contributed by atoms with Crippen LogP contribution in [0.3, 0.4) is 0 Å². The quantitative estimate of drug-likeness (QED) is 0.0275. The Kier molecular flexibility index (Phi) is 31.7. The van der Waals surface area contributed by atoms with Crippen molar-refractivity contribution in [2.45, 2.75) is 87.8 Å². The van der Waals surface area contributed by atoms with Crippen molar-refractivity contribution >= 4 is 86.1 Å². The van der Waals surface area contributed by atoms with Crippen LogP contribution in [0.1, 0.15) is 48.5 Å². The largest absolute Gasteiger partial charge is 0.383 e. The Balaban J connectivity index is 0.767. The lowest BCUT2D eigenvalue weighted by atomic mass is 10.2. The molecule has 0 aliphatic carbocycles. The summed E-state index contributed by atoms with van der Waals surface area (Å²) in [5, 5.41) is 0. The van der Waals surface area contributed by atoms with Crippen LogP contribution in [0.25, 0.3) is 11.2 Å².